The number of hydrogen-bond acceptors (Lipinski definition) is 3. The summed E-state index contributed by atoms with van der Waals surface area (Å²) in [6.45, 7) is 4.23. The molecule has 23 heavy (non-hydrogen) atoms. The Labute approximate surface area is 134 Å². The fraction of sp³-hybridized carbons (Fsp3) is 0.222. The molecule has 2 aromatic heterocycles. The molecule has 0 saturated carbocycles. The van der Waals surface area contributed by atoms with Gasteiger partial charge in [0.15, 0.2) is 0 Å². The van der Waals surface area contributed by atoms with Gasteiger partial charge >= 0.3 is 5.97 Å². The van der Waals surface area contributed by atoms with Crippen LogP contribution in [0.5, 0.6) is 5.75 Å². The first-order chi connectivity index (χ1) is 11.0. The van der Waals surface area contributed by atoms with E-state index in [1.807, 2.05) is 22.7 Å². The molecule has 0 saturated heterocycles. The highest BCUT2D eigenvalue weighted by Crippen LogP contribution is 2.31. The van der Waals surface area contributed by atoms with Crippen molar-refractivity contribution in [2.45, 2.75) is 19.8 Å². The molecule has 0 aliphatic heterocycles. The van der Waals surface area contributed by atoms with Crippen LogP contribution < -0.4 is 4.74 Å². The Morgan fingerprint density at radius 2 is 2.04 bits per heavy atom. The Kier molecular flexibility index (Phi) is 3.78. The molecule has 0 fully saturated rings. The molecular weight excluding hydrogens is 292 g/mol. The van der Waals surface area contributed by atoms with E-state index < -0.39 is 5.97 Å². The van der Waals surface area contributed by atoms with Gasteiger partial charge in [0, 0.05) is 18.0 Å². The molecule has 3 aromatic rings. The highest BCUT2D eigenvalue weighted by molar-refractivity contribution is 5.88. The minimum Gasteiger partial charge on any atom is -0.496 e. The highest BCUT2D eigenvalue weighted by atomic mass is 16.5. The predicted octanol–water partition coefficient (Wildman–Crippen LogP) is 3.83. The van der Waals surface area contributed by atoms with Crippen molar-refractivity contribution in [1.82, 2.24) is 9.38 Å². The average molecular weight is 310 g/mol. The molecule has 118 valence electrons. The molecule has 0 radical (unpaired) electrons. The minimum atomic E-state index is -0.955. The number of carboxylic acid groups (broad SMARTS) is 1. The fourth-order valence-corrected chi connectivity index (χ4v) is 2.60. The maximum Gasteiger partial charge on any atom is 0.335 e. The Morgan fingerprint density at radius 1 is 1.26 bits per heavy atom. The number of hydrogen-bond donors (Lipinski definition) is 1. The number of fused-ring (bicyclic) bond motifs is 1. The summed E-state index contributed by atoms with van der Waals surface area (Å²) < 4.78 is 7.23. The van der Waals surface area contributed by atoms with Gasteiger partial charge in [-0.15, -0.1) is 0 Å². The van der Waals surface area contributed by atoms with Crippen LogP contribution >= 0.6 is 0 Å². The van der Waals surface area contributed by atoms with Gasteiger partial charge in [-0.3, -0.25) is 0 Å². The van der Waals surface area contributed by atoms with Crippen molar-refractivity contribution < 1.29 is 14.6 Å². The molecule has 0 amide bonds. The first-order valence-electron chi connectivity index (χ1n) is 7.40. The van der Waals surface area contributed by atoms with Crippen molar-refractivity contribution in [3.63, 3.8) is 0 Å². The summed E-state index contributed by atoms with van der Waals surface area (Å²) in [4.78, 5) is 15.6. The maximum atomic E-state index is 11.1. The lowest BCUT2D eigenvalue weighted by molar-refractivity contribution is 0.0697. The Hall–Kier alpha value is -2.82. The van der Waals surface area contributed by atoms with E-state index in [4.69, 9.17) is 9.84 Å². The van der Waals surface area contributed by atoms with Crippen molar-refractivity contribution in [2.24, 2.45) is 0 Å². The average Bonchev–Trinajstić information content (AvgIpc) is 2.97. The van der Waals surface area contributed by atoms with Crippen LogP contribution in [0.25, 0.3) is 16.9 Å². The summed E-state index contributed by atoms with van der Waals surface area (Å²) in [5.41, 5.74) is 3.74. The Balaban J connectivity index is 2.09. The van der Waals surface area contributed by atoms with Crippen molar-refractivity contribution in [3.05, 3.63) is 53.9 Å². The predicted molar refractivity (Wildman–Crippen MR) is 88.2 cm³/mol. The number of imidazole rings is 1. The van der Waals surface area contributed by atoms with Crippen molar-refractivity contribution in [3.8, 4) is 17.0 Å². The van der Waals surface area contributed by atoms with E-state index in [0.29, 0.717) is 11.6 Å². The van der Waals surface area contributed by atoms with Gasteiger partial charge in [0.2, 0.25) is 0 Å². The van der Waals surface area contributed by atoms with Crippen LogP contribution in [-0.4, -0.2) is 27.6 Å². The largest absolute Gasteiger partial charge is 0.496 e. The summed E-state index contributed by atoms with van der Waals surface area (Å²) in [5.74, 6) is 0.241. The van der Waals surface area contributed by atoms with Gasteiger partial charge < -0.3 is 14.2 Å². The Morgan fingerprint density at radius 3 is 2.70 bits per heavy atom. The number of benzene rings is 1. The number of methoxy groups -OCH3 is 1. The molecule has 0 aliphatic carbocycles. The van der Waals surface area contributed by atoms with Crippen LogP contribution in [0, 0.1) is 0 Å². The number of carbonyl (C=O) groups is 1. The second kappa shape index (κ2) is 5.76. The molecule has 5 nitrogen and oxygen atoms in total. The van der Waals surface area contributed by atoms with Crippen LogP contribution in [0.4, 0.5) is 0 Å². The van der Waals surface area contributed by atoms with Crippen molar-refractivity contribution in [2.75, 3.05) is 7.11 Å². The quantitative estimate of drug-likeness (QED) is 0.795. The molecule has 0 spiro atoms. The monoisotopic (exact) mass is 310 g/mol. The van der Waals surface area contributed by atoms with Crippen LogP contribution in [0.2, 0.25) is 0 Å². The van der Waals surface area contributed by atoms with E-state index in [1.54, 1.807) is 25.4 Å². The van der Waals surface area contributed by atoms with Crippen LogP contribution in [-0.2, 0) is 0 Å². The number of aromatic nitrogens is 2. The number of carboxylic acids is 1. The lowest BCUT2D eigenvalue weighted by Crippen LogP contribution is -1.96. The normalized spacial score (nSPS) is 11.1. The van der Waals surface area contributed by atoms with E-state index in [0.717, 1.165) is 22.6 Å². The number of aromatic carboxylic acids is 1. The van der Waals surface area contributed by atoms with Gasteiger partial charge in [0.05, 0.1) is 18.4 Å². The van der Waals surface area contributed by atoms with Gasteiger partial charge in [0.1, 0.15) is 11.4 Å². The molecule has 0 bridgehead atoms. The third-order valence-electron chi connectivity index (χ3n) is 3.85. The summed E-state index contributed by atoms with van der Waals surface area (Å²) in [5, 5.41) is 9.07. The van der Waals surface area contributed by atoms with Gasteiger partial charge in [-0.1, -0.05) is 13.8 Å². The molecule has 3 rings (SSSR count). The lowest BCUT2D eigenvalue weighted by atomic mass is 9.98. The standard InChI is InChI=1S/C18H18N2O3/c1-11(2)14-8-12(4-5-16(14)23-3)15-10-20-7-6-13(18(21)22)9-17(20)19-15/h4-11H,1-3H3,(H,21,22). The fourth-order valence-electron chi connectivity index (χ4n) is 2.60. The van der Waals surface area contributed by atoms with E-state index in [1.165, 1.54) is 0 Å². The molecule has 0 unspecified atom stereocenters. The van der Waals surface area contributed by atoms with E-state index in [2.05, 4.69) is 24.9 Å². The summed E-state index contributed by atoms with van der Waals surface area (Å²) in [6.07, 6.45) is 3.61. The van der Waals surface area contributed by atoms with Gasteiger partial charge in [-0.2, -0.15) is 0 Å². The van der Waals surface area contributed by atoms with Gasteiger partial charge in [-0.25, -0.2) is 9.78 Å². The molecule has 1 aromatic carbocycles. The van der Waals surface area contributed by atoms with E-state index >= 15 is 0 Å². The third kappa shape index (κ3) is 2.77. The van der Waals surface area contributed by atoms with Crippen LogP contribution in [0.3, 0.4) is 0 Å². The lowest BCUT2D eigenvalue weighted by Gasteiger charge is -2.12. The number of pyridine rings is 1. The summed E-state index contributed by atoms with van der Waals surface area (Å²) >= 11 is 0. The van der Waals surface area contributed by atoms with Crippen molar-refractivity contribution >= 4 is 11.6 Å². The smallest absolute Gasteiger partial charge is 0.335 e. The van der Waals surface area contributed by atoms with E-state index in [-0.39, 0.29) is 5.56 Å². The van der Waals surface area contributed by atoms with Crippen LogP contribution in [0.15, 0.2) is 42.7 Å². The van der Waals surface area contributed by atoms with E-state index in [9.17, 15) is 4.79 Å². The van der Waals surface area contributed by atoms with Crippen molar-refractivity contribution in [1.29, 1.82) is 0 Å². The molecule has 5 heteroatoms. The molecular formula is C18H18N2O3. The molecule has 0 atom stereocenters. The minimum absolute atomic E-state index is 0.229. The first kappa shape index (κ1) is 15.1. The summed E-state index contributed by atoms with van der Waals surface area (Å²) in [7, 11) is 1.67. The third-order valence-corrected chi connectivity index (χ3v) is 3.85. The van der Waals surface area contributed by atoms with Gasteiger partial charge in [-0.05, 0) is 41.8 Å². The second-order valence-corrected chi connectivity index (χ2v) is 5.72. The van der Waals surface area contributed by atoms with Crippen LogP contribution in [0.1, 0.15) is 35.7 Å². The molecule has 0 aliphatic rings. The topological polar surface area (TPSA) is 63.8 Å². The number of nitrogens with zero attached hydrogens (tertiary/aromatic N) is 2. The highest BCUT2D eigenvalue weighted by Gasteiger charge is 2.12. The van der Waals surface area contributed by atoms with Gasteiger partial charge in [0.25, 0.3) is 0 Å². The zero-order chi connectivity index (χ0) is 16.6. The number of ether oxygens (including phenoxy) is 1. The first-order valence-corrected chi connectivity index (χ1v) is 7.40. The Bertz CT molecular complexity index is 881. The zero-order valence-electron chi connectivity index (χ0n) is 13.3. The molecule has 2 heterocycles. The molecule has 1 N–H and O–H groups in total. The number of rotatable bonds is 4. The summed E-state index contributed by atoms with van der Waals surface area (Å²) in [6, 6.07) is 9.11. The maximum absolute atomic E-state index is 11.1. The second-order valence-electron chi connectivity index (χ2n) is 5.72. The zero-order valence-corrected chi connectivity index (χ0v) is 13.3. The SMILES string of the molecule is COc1ccc(-c2cn3ccc(C(=O)O)cc3n2)cc1C(C)C.